The Morgan fingerprint density at radius 1 is 0.795 bits per heavy atom. The number of carbonyl (C=O) groups excluding carboxylic acids is 2. The van der Waals surface area contributed by atoms with Crippen LogP contribution in [0, 0.1) is 0 Å². The summed E-state index contributed by atoms with van der Waals surface area (Å²) in [6.45, 7) is 0.513. The zero-order valence-corrected chi connectivity index (χ0v) is 23.2. The van der Waals surface area contributed by atoms with E-state index in [1.165, 1.54) is 0 Å². The van der Waals surface area contributed by atoms with Gasteiger partial charge in [0.05, 0.1) is 13.5 Å². The first kappa shape index (κ1) is 28.2. The lowest BCUT2D eigenvalue weighted by molar-refractivity contribution is -0.140. The number of rotatable bonds is 11. The van der Waals surface area contributed by atoms with Gasteiger partial charge in [-0.3, -0.25) is 9.59 Å². The molecule has 4 aromatic carbocycles. The molecule has 1 N–H and O–H groups in total. The Hall–Kier alpha value is -3.80. The van der Waals surface area contributed by atoms with Gasteiger partial charge in [-0.1, -0.05) is 96.0 Å². The number of amides is 2. The third-order valence-electron chi connectivity index (χ3n) is 6.46. The molecule has 200 valence electrons. The van der Waals surface area contributed by atoms with Crippen LogP contribution >= 0.6 is 23.2 Å². The Morgan fingerprint density at radius 2 is 1.44 bits per heavy atom. The van der Waals surface area contributed by atoms with Crippen LogP contribution in [0.15, 0.2) is 103 Å². The Balaban J connectivity index is 1.65. The summed E-state index contributed by atoms with van der Waals surface area (Å²) in [7, 11) is 1.61. The summed E-state index contributed by atoms with van der Waals surface area (Å²) in [4.78, 5) is 29.3. The lowest BCUT2D eigenvalue weighted by atomic mass is 10.0. The van der Waals surface area contributed by atoms with Gasteiger partial charge in [0.2, 0.25) is 11.8 Å². The number of methoxy groups -OCH3 is 1. The van der Waals surface area contributed by atoms with E-state index in [0.29, 0.717) is 16.5 Å². The lowest BCUT2D eigenvalue weighted by Crippen LogP contribution is -2.50. The van der Waals surface area contributed by atoms with Crippen LogP contribution in [-0.4, -0.2) is 29.9 Å². The summed E-state index contributed by atoms with van der Waals surface area (Å²) in [5.74, 6) is 0.301. The third-order valence-corrected chi connectivity index (χ3v) is 7.08. The summed E-state index contributed by atoms with van der Waals surface area (Å²) >= 11 is 12.4. The van der Waals surface area contributed by atoms with Crippen molar-refractivity contribution in [3.05, 3.63) is 135 Å². The topological polar surface area (TPSA) is 58.6 Å². The van der Waals surface area contributed by atoms with E-state index in [-0.39, 0.29) is 31.3 Å². The van der Waals surface area contributed by atoms with E-state index in [1.54, 1.807) is 30.2 Å². The molecule has 0 radical (unpaired) electrons. The molecule has 0 aliphatic heterocycles. The Kier molecular flexibility index (Phi) is 10.0. The van der Waals surface area contributed by atoms with Crippen LogP contribution in [0.5, 0.6) is 5.75 Å². The van der Waals surface area contributed by atoms with Gasteiger partial charge < -0.3 is 15.0 Å². The Labute approximate surface area is 239 Å². The highest BCUT2D eigenvalue weighted by atomic mass is 35.5. The molecule has 1 atom stereocenters. The van der Waals surface area contributed by atoms with Gasteiger partial charge in [0.15, 0.2) is 0 Å². The minimum absolute atomic E-state index is 0.135. The molecule has 0 aliphatic carbocycles. The summed E-state index contributed by atoms with van der Waals surface area (Å²) < 4.78 is 5.29. The SMILES string of the molecule is COc1ccc(CN(C(=O)Cc2ccc(Cl)cc2)C(Cc2ccccc2)C(=O)NCc2ccccc2Cl)cc1. The zero-order valence-electron chi connectivity index (χ0n) is 21.6. The zero-order chi connectivity index (χ0) is 27.6. The first-order valence-corrected chi connectivity index (χ1v) is 13.4. The highest BCUT2D eigenvalue weighted by Gasteiger charge is 2.30. The number of carbonyl (C=O) groups is 2. The average molecular weight is 562 g/mol. The predicted molar refractivity (Wildman–Crippen MR) is 156 cm³/mol. The second kappa shape index (κ2) is 13.8. The van der Waals surface area contributed by atoms with Crippen LogP contribution < -0.4 is 10.1 Å². The normalized spacial score (nSPS) is 11.5. The minimum Gasteiger partial charge on any atom is -0.497 e. The van der Waals surface area contributed by atoms with Crippen molar-refractivity contribution in [2.75, 3.05) is 7.11 Å². The molecule has 2 amide bonds. The number of halogens is 2. The molecule has 1 unspecified atom stereocenters. The molecule has 0 bridgehead atoms. The van der Waals surface area contributed by atoms with E-state index in [0.717, 1.165) is 28.0 Å². The van der Waals surface area contributed by atoms with E-state index in [9.17, 15) is 9.59 Å². The number of benzene rings is 4. The Bertz CT molecular complexity index is 1380. The van der Waals surface area contributed by atoms with E-state index >= 15 is 0 Å². The van der Waals surface area contributed by atoms with Gasteiger partial charge in [-0.05, 0) is 52.6 Å². The van der Waals surface area contributed by atoms with Gasteiger partial charge in [0.1, 0.15) is 11.8 Å². The van der Waals surface area contributed by atoms with Gasteiger partial charge >= 0.3 is 0 Å². The fourth-order valence-electron chi connectivity index (χ4n) is 4.30. The summed E-state index contributed by atoms with van der Waals surface area (Å²) in [5.41, 5.74) is 3.46. The smallest absolute Gasteiger partial charge is 0.243 e. The second-order valence-electron chi connectivity index (χ2n) is 9.19. The maximum absolute atomic E-state index is 13.9. The molecule has 4 rings (SSSR count). The number of nitrogens with one attached hydrogen (secondary N) is 1. The lowest BCUT2D eigenvalue weighted by Gasteiger charge is -2.32. The predicted octanol–water partition coefficient (Wildman–Crippen LogP) is 6.50. The van der Waals surface area contributed by atoms with Crippen molar-refractivity contribution in [3.63, 3.8) is 0 Å². The van der Waals surface area contributed by atoms with E-state index in [4.69, 9.17) is 27.9 Å². The molecule has 4 aromatic rings. The Morgan fingerprint density at radius 3 is 2.10 bits per heavy atom. The van der Waals surface area contributed by atoms with Gasteiger partial charge in [-0.25, -0.2) is 0 Å². The number of nitrogens with zero attached hydrogens (tertiary/aromatic N) is 1. The highest BCUT2D eigenvalue weighted by molar-refractivity contribution is 6.31. The third kappa shape index (κ3) is 8.09. The van der Waals surface area contributed by atoms with Crippen molar-refractivity contribution in [3.8, 4) is 5.75 Å². The molecular weight excluding hydrogens is 531 g/mol. The molecule has 0 saturated heterocycles. The van der Waals surface area contributed by atoms with Crippen molar-refractivity contribution in [1.29, 1.82) is 0 Å². The molecule has 39 heavy (non-hydrogen) atoms. The van der Waals surface area contributed by atoms with Gasteiger partial charge in [0.25, 0.3) is 0 Å². The number of hydrogen-bond donors (Lipinski definition) is 1. The fraction of sp³-hybridized carbons (Fsp3) is 0.188. The van der Waals surface area contributed by atoms with E-state index in [2.05, 4.69) is 5.32 Å². The van der Waals surface area contributed by atoms with Crippen LogP contribution in [0.2, 0.25) is 10.0 Å². The van der Waals surface area contributed by atoms with Crippen LogP contribution in [0.3, 0.4) is 0 Å². The van der Waals surface area contributed by atoms with Crippen LogP contribution in [0.25, 0.3) is 0 Å². The second-order valence-corrected chi connectivity index (χ2v) is 10.0. The van der Waals surface area contributed by atoms with Crippen molar-refractivity contribution in [2.24, 2.45) is 0 Å². The minimum atomic E-state index is -0.753. The summed E-state index contributed by atoms with van der Waals surface area (Å²) in [5, 5.41) is 4.19. The average Bonchev–Trinajstić information content (AvgIpc) is 2.96. The van der Waals surface area contributed by atoms with E-state index in [1.807, 2.05) is 84.9 Å². The van der Waals surface area contributed by atoms with E-state index < -0.39 is 6.04 Å². The monoisotopic (exact) mass is 560 g/mol. The highest BCUT2D eigenvalue weighted by Crippen LogP contribution is 2.20. The summed E-state index contributed by atoms with van der Waals surface area (Å²) in [6, 6.07) is 31.0. The quantitative estimate of drug-likeness (QED) is 0.228. The van der Waals surface area contributed by atoms with Gasteiger partial charge in [-0.2, -0.15) is 0 Å². The fourth-order valence-corrected chi connectivity index (χ4v) is 4.63. The van der Waals surface area contributed by atoms with Crippen molar-refractivity contribution < 1.29 is 14.3 Å². The van der Waals surface area contributed by atoms with Crippen LogP contribution in [-0.2, 0) is 35.5 Å². The molecule has 0 aliphatic rings. The molecule has 0 saturated carbocycles. The standard InChI is InChI=1S/C32H30Cl2N2O3/c1-39-28-17-13-25(14-18-28)22-36(31(37)20-24-11-15-27(33)16-12-24)30(19-23-7-3-2-4-8-23)32(38)35-21-26-9-5-6-10-29(26)34/h2-18,30H,19-22H2,1H3,(H,35,38). The maximum atomic E-state index is 13.9. The molecular formula is C32H30Cl2N2O3. The number of ether oxygens (including phenoxy) is 1. The molecule has 0 spiro atoms. The maximum Gasteiger partial charge on any atom is 0.243 e. The van der Waals surface area contributed by atoms with Crippen molar-refractivity contribution >= 4 is 35.0 Å². The molecule has 0 fully saturated rings. The first-order valence-electron chi connectivity index (χ1n) is 12.6. The van der Waals surface area contributed by atoms with Gasteiger partial charge in [0, 0.05) is 29.6 Å². The summed E-state index contributed by atoms with van der Waals surface area (Å²) in [6.07, 6.45) is 0.494. The molecule has 5 nitrogen and oxygen atoms in total. The number of hydrogen-bond acceptors (Lipinski definition) is 3. The largest absolute Gasteiger partial charge is 0.497 e. The molecule has 7 heteroatoms. The van der Waals surface area contributed by atoms with Crippen molar-refractivity contribution in [1.82, 2.24) is 10.2 Å². The van der Waals surface area contributed by atoms with Gasteiger partial charge in [-0.15, -0.1) is 0 Å². The van der Waals surface area contributed by atoms with Crippen LogP contribution in [0.1, 0.15) is 22.3 Å². The molecule has 0 heterocycles. The molecule has 0 aromatic heterocycles. The van der Waals surface area contributed by atoms with Crippen molar-refractivity contribution in [2.45, 2.75) is 32.0 Å². The van der Waals surface area contributed by atoms with Crippen LogP contribution in [0.4, 0.5) is 0 Å². The first-order chi connectivity index (χ1) is 18.9.